The first-order valence-corrected chi connectivity index (χ1v) is 10.3. The van der Waals surface area contributed by atoms with Crippen molar-refractivity contribution in [1.29, 1.82) is 0 Å². The lowest BCUT2D eigenvalue weighted by Crippen LogP contribution is -2.43. The Kier molecular flexibility index (Phi) is 6.42. The predicted octanol–water partition coefficient (Wildman–Crippen LogP) is 3.07. The molecule has 1 aliphatic rings. The molecule has 1 saturated heterocycles. The number of likely N-dealkylation sites (N-methyl/N-ethyl adjacent to an activating group) is 1. The van der Waals surface area contributed by atoms with Gasteiger partial charge in [0.15, 0.2) is 0 Å². The van der Waals surface area contributed by atoms with Gasteiger partial charge < -0.3 is 14.7 Å². The number of aromatic nitrogens is 2. The van der Waals surface area contributed by atoms with Gasteiger partial charge >= 0.3 is 0 Å². The molecule has 0 bridgehead atoms. The lowest BCUT2D eigenvalue weighted by Gasteiger charge is -2.32. The number of piperazine rings is 1. The standard InChI is InChI=1S/C22H24ClN5O2/c1-27-10-12-28(13-11-27)15-16-2-4-18(5-3-16)22(29)24-14-20-25-21(26-30-20)17-6-8-19(23)9-7-17/h2-9H,10-15H2,1H3,(H,24,29). The lowest BCUT2D eigenvalue weighted by molar-refractivity contribution is 0.0946. The molecule has 0 radical (unpaired) electrons. The first-order chi connectivity index (χ1) is 14.6. The van der Waals surface area contributed by atoms with Crippen LogP contribution in [0.25, 0.3) is 11.4 Å². The van der Waals surface area contributed by atoms with Crippen LogP contribution in [-0.2, 0) is 13.1 Å². The van der Waals surface area contributed by atoms with E-state index in [0.717, 1.165) is 38.3 Å². The smallest absolute Gasteiger partial charge is 0.251 e. The number of halogens is 1. The third kappa shape index (κ3) is 5.24. The van der Waals surface area contributed by atoms with Gasteiger partial charge in [-0.05, 0) is 49.0 Å². The molecule has 30 heavy (non-hydrogen) atoms. The van der Waals surface area contributed by atoms with Crippen molar-refractivity contribution >= 4 is 17.5 Å². The predicted molar refractivity (Wildman–Crippen MR) is 115 cm³/mol. The van der Waals surface area contributed by atoms with Crippen molar-refractivity contribution in [2.75, 3.05) is 33.2 Å². The second-order valence-corrected chi connectivity index (χ2v) is 7.91. The quantitative estimate of drug-likeness (QED) is 0.654. The summed E-state index contributed by atoms with van der Waals surface area (Å²) < 4.78 is 5.23. The Morgan fingerprint density at radius 1 is 1.07 bits per heavy atom. The van der Waals surface area contributed by atoms with E-state index in [1.165, 1.54) is 5.56 Å². The summed E-state index contributed by atoms with van der Waals surface area (Å²) in [6.45, 7) is 5.40. The van der Waals surface area contributed by atoms with Crippen molar-refractivity contribution in [2.24, 2.45) is 0 Å². The molecule has 4 rings (SSSR count). The van der Waals surface area contributed by atoms with Crippen LogP contribution in [0.3, 0.4) is 0 Å². The van der Waals surface area contributed by atoms with E-state index < -0.39 is 0 Å². The van der Waals surface area contributed by atoms with Crippen molar-refractivity contribution in [3.63, 3.8) is 0 Å². The van der Waals surface area contributed by atoms with Gasteiger partial charge in [-0.25, -0.2) is 0 Å². The van der Waals surface area contributed by atoms with Crippen LogP contribution in [0, 0.1) is 0 Å². The number of carbonyl (C=O) groups is 1. The molecule has 0 saturated carbocycles. The van der Waals surface area contributed by atoms with Crippen LogP contribution >= 0.6 is 11.6 Å². The average Bonchev–Trinajstić information content (AvgIpc) is 3.24. The fourth-order valence-corrected chi connectivity index (χ4v) is 3.45. The summed E-state index contributed by atoms with van der Waals surface area (Å²) in [5.41, 5.74) is 2.62. The van der Waals surface area contributed by atoms with E-state index in [1.54, 1.807) is 12.1 Å². The molecular weight excluding hydrogens is 402 g/mol. The molecule has 2 heterocycles. The first-order valence-electron chi connectivity index (χ1n) is 9.93. The first kappa shape index (κ1) is 20.5. The molecule has 8 heteroatoms. The fraction of sp³-hybridized carbons (Fsp3) is 0.318. The summed E-state index contributed by atoms with van der Waals surface area (Å²) in [6.07, 6.45) is 0. The van der Waals surface area contributed by atoms with Gasteiger partial charge in [-0.2, -0.15) is 4.98 Å². The number of nitrogens with zero attached hydrogens (tertiary/aromatic N) is 4. The lowest BCUT2D eigenvalue weighted by atomic mass is 10.1. The Morgan fingerprint density at radius 3 is 2.47 bits per heavy atom. The van der Waals surface area contributed by atoms with E-state index >= 15 is 0 Å². The number of carbonyl (C=O) groups excluding carboxylic acids is 1. The summed E-state index contributed by atoms with van der Waals surface area (Å²) >= 11 is 5.90. The molecule has 3 aromatic rings. The van der Waals surface area contributed by atoms with Crippen LogP contribution in [0.1, 0.15) is 21.8 Å². The van der Waals surface area contributed by atoms with Gasteiger partial charge in [-0.15, -0.1) is 0 Å². The number of hydrogen-bond donors (Lipinski definition) is 1. The molecular formula is C22H24ClN5O2. The van der Waals surface area contributed by atoms with Crippen LogP contribution in [0.5, 0.6) is 0 Å². The molecule has 0 atom stereocenters. The van der Waals surface area contributed by atoms with Gasteiger partial charge in [0.2, 0.25) is 11.7 Å². The van der Waals surface area contributed by atoms with E-state index in [2.05, 4.69) is 32.3 Å². The van der Waals surface area contributed by atoms with Crippen molar-refractivity contribution in [3.8, 4) is 11.4 Å². The highest BCUT2D eigenvalue weighted by atomic mass is 35.5. The minimum absolute atomic E-state index is 0.169. The van der Waals surface area contributed by atoms with Gasteiger partial charge in [0.25, 0.3) is 5.91 Å². The molecule has 1 fully saturated rings. The molecule has 1 aromatic heterocycles. The largest absolute Gasteiger partial charge is 0.343 e. The van der Waals surface area contributed by atoms with Crippen LogP contribution < -0.4 is 5.32 Å². The third-order valence-electron chi connectivity index (χ3n) is 5.19. The Morgan fingerprint density at radius 2 is 1.77 bits per heavy atom. The van der Waals surface area contributed by atoms with Crippen molar-refractivity contribution in [3.05, 3.63) is 70.6 Å². The molecule has 1 N–H and O–H groups in total. The van der Waals surface area contributed by atoms with Gasteiger partial charge in [0.05, 0.1) is 6.54 Å². The SMILES string of the molecule is CN1CCN(Cc2ccc(C(=O)NCc3nc(-c4ccc(Cl)cc4)no3)cc2)CC1. The summed E-state index contributed by atoms with van der Waals surface area (Å²) in [6, 6.07) is 14.9. The van der Waals surface area contributed by atoms with Crippen molar-refractivity contribution in [1.82, 2.24) is 25.3 Å². The van der Waals surface area contributed by atoms with Crippen LogP contribution in [0.4, 0.5) is 0 Å². The highest BCUT2D eigenvalue weighted by Gasteiger charge is 2.15. The maximum absolute atomic E-state index is 12.4. The second-order valence-electron chi connectivity index (χ2n) is 7.48. The minimum atomic E-state index is -0.174. The molecule has 156 valence electrons. The molecule has 1 amide bonds. The number of hydrogen-bond acceptors (Lipinski definition) is 6. The number of nitrogens with one attached hydrogen (secondary N) is 1. The Balaban J connectivity index is 1.29. The average molecular weight is 426 g/mol. The minimum Gasteiger partial charge on any atom is -0.343 e. The summed E-state index contributed by atoms with van der Waals surface area (Å²) in [4.78, 5) is 21.5. The van der Waals surface area contributed by atoms with E-state index in [9.17, 15) is 4.79 Å². The third-order valence-corrected chi connectivity index (χ3v) is 5.44. The topological polar surface area (TPSA) is 74.5 Å². The molecule has 2 aromatic carbocycles. The van der Waals surface area contributed by atoms with Crippen molar-refractivity contribution in [2.45, 2.75) is 13.1 Å². The number of amides is 1. The zero-order valence-electron chi connectivity index (χ0n) is 16.8. The van der Waals surface area contributed by atoms with Crippen LogP contribution in [-0.4, -0.2) is 59.1 Å². The zero-order valence-corrected chi connectivity index (χ0v) is 17.6. The highest BCUT2D eigenvalue weighted by molar-refractivity contribution is 6.30. The molecule has 0 aliphatic carbocycles. The van der Waals surface area contributed by atoms with Crippen LogP contribution in [0.2, 0.25) is 5.02 Å². The second kappa shape index (κ2) is 9.38. The molecule has 7 nitrogen and oxygen atoms in total. The Labute approximate surface area is 180 Å². The maximum atomic E-state index is 12.4. The van der Waals surface area contributed by atoms with E-state index in [-0.39, 0.29) is 12.5 Å². The normalized spacial score (nSPS) is 15.3. The zero-order chi connectivity index (χ0) is 20.9. The molecule has 0 spiro atoms. The van der Waals surface area contributed by atoms with E-state index in [0.29, 0.717) is 22.3 Å². The Hall–Kier alpha value is -2.74. The summed E-state index contributed by atoms with van der Waals surface area (Å²) in [7, 11) is 2.15. The number of rotatable bonds is 6. The van der Waals surface area contributed by atoms with E-state index in [4.69, 9.17) is 16.1 Å². The Bertz CT molecular complexity index is 980. The van der Waals surface area contributed by atoms with Gasteiger partial charge in [-0.1, -0.05) is 28.9 Å². The van der Waals surface area contributed by atoms with Gasteiger partial charge in [-0.3, -0.25) is 9.69 Å². The van der Waals surface area contributed by atoms with Crippen LogP contribution in [0.15, 0.2) is 53.1 Å². The van der Waals surface area contributed by atoms with Gasteiger partial charge in [0, 0.05) is 48.9 Å². The molecule has 0 unspecified atom stereocenters. The monoisotopic (exact) mass is 425 g/mol. The molecule has 1 aliphatic heterocycles. The summed E-state index contributed by atoms with van der Waals surface area (Å²) in [5.74, 6) is 0.636. The van der Waals surface area contributed by atoms with Gasteiger partial charge in [0.1, 0.15) is 0 Å². The van der Waals surface area contributed by atoms with Crippen molar-refractivity contribution < 1.29 is 9.32 Å². The highest BCUT2D eigenvalue weighted by Crippen LogP contribution is 2.18. The number of benzene rings is 2. The maximum Gasteiger partial charge on any atom is 0.251 e. The van der Waals surface area contributed by atoms with E-state index in [1.807, 2.05) is 36.4 Å². The summed E-state index contributed by atoms with van der Waals surface area (Å²) in [5, 5.41) is 7.42. The fourth-order valence-electron chi connectivity index (χ4n) is 3.33.